The lowest BCUT2D eigenvalue weighted by molar-refractivity contribution is -0.118. The van der Waals surface area contributed by atoms with Crippen LogP contribution >= 0.6 is 0 Å². The second-order valence-electron chi connectivity index (χ2n) is 9.12. The highest BCUT2D eigenvalue weighted by atomic mass is 16.2. The van der Waals surface area contributed by atoms with Crippen molar-refractivity contribution in [2.45, 2.75) is 26.1 Å². The molecule has 6 nitrogen and oxygen atoms in total. The number of carbonyl (C=O) groups is 1. The number of rotatable bonds is 6. The number of piperazine rings is 1. The number of fused-ring (bicyclic) bond motifs is 1. The summed E-state index contributed by atoms with van der Waals surface area (Å²) in [6, 6.07) is 23.5. The average molecular weight is 444 g/mol. The monoisotopic (exact) mass is 443 g/mol. The Morgan fingerprint density at radius 3 is 2.39 bits per heavy atom. The molecule has 6 heteroatoms. The van der Waals surface area contributed by atoms with Gasteiger partial charge in [-0.05, 0) is 48.9 Å². The van der Waals surface area contributed by atoms with Crippen molar-refractivity contribution < 1.29 is 4.79 Å². The van der Waals surface area contributed by atoms with E-state index in [4.69, 9.17) is 0 Å². The van der Waals surface area contributed by atoms with Crippen molar-refractivity contribution in [3.63, 3.8) is 0 Å². The molecule has 1 saturated heterocycles. The first-order valence-corrected chi connectivity index (χ1v) is 12.0. The lowest BCUT2D eigenvalue weighted by atomic mass is 10.1. The number of hydrogen-bond acceptors (Lipinski definition) is 4. The molecule has 2 aliphatic heterocycles. The highest BCUT2D eigenvalue weighted by molar-refractivity contribution is 5.92. The molecule has 3 heterocycles. The van der Waals surface area contributed by atoms with E-state index in [-0.39, 0.29) is 11.9 Å². The van der Waals surface area contributed by atoms with Crippen LogP contribution in [0.2, 0.25) is 0 Å². The van der Waals surface area contributed by atoms with E-state index in [0.29, 0.717) is 6.54 Å². The third kappa shape index (κ3) is 5.13. The van der Waals surface area contributed by atoms with Gasteiger partial charge in [0.15, 0.2) is 0 Å². The van der Waals surface area contributed by atoms with Gasteiger partial charge in [0, 0.05) is 75.1 Å². The van der Waals surface area contributed by atoms with Gasteiger partial charge >= 0.3 is 0 Å². The Morgan fingerprint density at radius 2 is 1.64 bits per heavy atom. The average Bonchev–Trinajstić information content (AvgIpc) is 3.32. The highest BCUT2D eigenvalue weighted by Gasteiger charge is 2.25. The minimum absolute atomic E-state index is 0.0455. The Hall–Kier alpha value is -3.09. The number of carbonyl (C=O) groups excluding carboxylic acids is 1. The van der Waals surface area contributed by atoms with Crippen LogP contribution in [0.25, 0.3) is 0 Å². The Bertz CT molecular complexity index is 1050. The van der Waals surface area contributed by atoms with Crippen LogP contribution in [0, 0.1) is 0 Å². The van der Waals surface area contributed by atoms with Gasteiger partial charge in [0.25, 0.3) is 0 Å². The van der Waals surface area contributed by atoms with Gasteiger partial charge in [0.2, 0.25) is 5.91 Å². The van der Waals surface area contributed by atoms with Crippen LogP contribution < -0.4 is 10.2 Å². The van der Waals surface area contributed by atoms with Crippen LogP contribution in [-0.2, 0) is 17.9 Å². The molecule has 1 atom stereocenters. The summed E-state index contributed by atoms with van der Waals surface area (Å²) in [5.41, 5.74) is 4.73. The molecule has 2 aliphatic rings. The fraction of sp³-hybridized carbons (Fsp3) is 0.370. The number of amides is 1. The lowest BCUT2D eigenvalue weighted by Crippen LogP contribution is -2.45. The molecular weight excluding hydrogens is 410 g/mol. The fourth-order valence-electron chi connectivity index (χ4n) is 4.99. The molecule has 0 radical (unpaired) electrons. The van der Waals surface area contributed by atoms with Crippen molar-refractivity contribution in [1.82, 2.24) is 14.4 Å². The SMILES string of the molecule is C[C@H]1c2cccn2CCN1CC(=O)Nc1ccc(N2CCN(Cc3ccccc3)CC2)cc1. The topological polar surface area (TPSA) is 43.8 Å². The summed E-state index contributed by atoms with van der Waals surface area (Å²) in [6.45, 7) is 9.60. The Labute approximate surface area is 196 Å². The summed E-state index contributed by atoms with van der Waals surface area (Å²) in [4.78, 5) is 19.9. The molecule has 2 aromatic carbocycles. The summed E-state index contributed by atoms with van der Waals surface area (Å²) in [7, 11) is 0. The minimum atomic E-state index is 0.0455. The van der Waals surface area contributed by atoms with Crippen molar-refractivity contribution in [3.8, 4) is 0 Å². The van der Waals surface area contributed by atoms with Gasteiger partial charge in [-0.3, -0.25) is 14.6 Å². The van der Waals surface area contributed by atoms with E-state index >= 15 is 0 Å². The summed E-state index contributed by atoms with van der Waals surface area (Å²) in [6.07, 6.45) is 2.12. The van der Waals surface area contributed by atoms with E-state index < -0.39 is 0 Å². The Kier molecular flexibility index (Phi) is 6.46. The van der Waals surface area contributed by atoms with Gasteiger partial charge < -0.3 is 14.8 Å². The van der Waals surface area contributed by atoms with Crippen LogP contribution in [0.1, 0.15) is 24.2 Å². The van der Waals surface area contributed by atoms with Crippen molar-refractivity contribution in [3.05, 3.63) is 84.2 Å². The van der Waals surface area contributed by atoms with Gasteiger partial charge in [-0.15, -0.1) is 0 Å². The molecule has 1 N–H and O–H groups in total. The van der Waals surface area contributed by atoms with Crippen molar-refractivity contribution in [1.29, 1.82) is 0 Å². The molecule has 33 heavy (non-hydrogen) atoms. The third-order valence-electron chi connectivity index (χ3n) is 6.95. The number of aromatic nitrogens is 1. The van der Waals surface area contributed by atoms with Crippen molar-refractivity contribution in [2.75, 3.05) is 49.5 Å². The second kappa shape index (κ2) is 9.81. The van der Waals surface area contributed by atoms with E-state index in [1.165, 1.54) is 16.9 Å². The van der Waals surface area contributed by atoms with Gasteiger partial charge in [0.05, 0.1) is 6.54 Å². The highest BCUT2D eigenvalue weighted by Crippen LogP contribution is 2.25. The van der Waals surface area contributed by atoms with Crippen molar-refractivity contribution in [2.24, 2.45) is 0 Å². The number of hydrogen-bond donors (Lipinski definition) is 1. The predicted molar refractivity (Wildman–Crippen MR) is 133 cm³/mol. The molecule has 5 rings (SSSR count). The molecule has 1 amide bonds. The van der Waals surface area contributed by atoms with E-state index in [1.54, 1.807) is 0 Å². The van der Waals surface area contributed by atoms with Crippen LogP contribution in [0.5, 0.6) is 0 Å². The second-order valence-corrected chi connectivity index (χ2v) is 9.12. The Morgan fingerprint density at radius 1 is 0.879 bits per heavy atom. The minimum Gasteiger partial charge on any atom is -0.369 e. The van der Waals surface area contributed by atoms with Gasteiger partial charge in [-0.25, -0.2) is 0 Å². The molecule has 0 unspecified atom stereocenters. The molecule has 0 bridgehead atoms. The van der Waals surface area contributed by atoms with Crippen LogP contribution in [-0.4, -0.2) is 59.5 Å². The van der Waals surface area contributed by atoms with Crippen LogP contribution in [0.15, 0.2) is 72.9 Å². The molecular formula is C27H33N5O. The van der Waals surface area contributed by atoms with Gasteiger partial charge in [-0.2, -0.15) is 0 Å². The molecule has 0 saturated carbocycles. The normalized spacial score (nSPS) is 19.3. The zero-order valence-electron chi connectivity index (χ0n) is 19.4. The largest absolute Gasteiger partial charge is 0.369 e. The number of benzene rings is 2. The predicted octanol–water partition coefficient (Wildman–Crippen LogP) is 3.83. The third-order valence-corrected chi connectivity index (χ3v) is 6.95. The Balaban J connectivity index is 1.10. The quantitative estimate of drug-likeness (QED) is 0.629. The van der Waals surface area contributed by atoms with E-state index in [9.17, 15) is 4.79 Å². The zero-order valence-corrected chi connectivity index (χ0v) is 19.4. The molecule has 3 aromatic rings. The van der Waals surface area contributed by atoms with E-state index in [2.05, 4.69) is 92.3 Å². The molecule has 172 valence electrons. The van der Waals surface area contributed by atoms with Gasteiger partial charge in [0.1, 0.15) is 0 Å². The standard InChI is InChI=1S/C27H33N5O/c1-22-26-8-5-13-31(26)18-19-32(22)21-27(33)28-24-9-11-25(12-10-24)30-16-14-29(15-17-30)20-23-6-3-2-4-7-23/h2-13,22H,14-21H2,1H3,(H,28,33)/t22-/m0/s1. The maximum Gasteiger partial charge on any atom is 0.238 e. The summed E-state index contributed by atoms with van der Waals surface area (Å²) in [5.74, 6) is 0.0455. The fourth-order valence-corrected chi connectivity index (χ4v) is 4.99. The van der Waals surface area contributed by atoms with Crippen LogP contribution in [0.3, 0.4) is 0 Å². The van der Waals surface area contributed by atoms with Gasteiger partial charge in [-0.1, -0.05) is 30.3 Å². The molecule has 0 spiro atoms. The number of nitrogens with one attached hydrogen (secondary N) is 1. The summed E-state index contributed by atoms with van der Waals surface area (Å²) >= 11 is 0. The molecule has 0 aliphatic carbocycles. The van der Waals surface area contributed by atoms with Crippen molar-refractivity contribution >= 4 is 17.3 Å². The zero-order chi connectivity index (χ0) is 22.6. The van der Waals surface area contributed by atoms with E-state index in [0.717, 1.165) is 51.5 Å². The first-order valence-electron chi connectivity index (χ1n) is 12.0. The first-order chi connectivity index (χ1) is 16.2. The number of nitrogens with zero attached hydrogens (tertiary/aromatic N) is 4. The summed E-state index contributed by atoms with van der Waals surface area (Å²) in [5, 5.41) is 3.08. The number of anilines is 2. The van der Waals surface area contributed by atoms with Crippen LogP contribution in [0.4, 0.5) is 11.4 Å². The molecule has 1 aromatic heterocycles. The smallest absolute Gasteiger partial charge is 0.238 e. The summed E-state index contributed by atoms with van der Waals surface area (Å²) < 4.78 is 2.28. The van der Waals surface area contributed by atoms with E-state index in [1.807, 2.05) is 12.1 Å². The maximum atomic E-state index is 12.7. The molecule has 1 fully saturated rings. The maximum absolute atomic E-state index is 12.7. The lowest BCUT2D eigenvalue weighted by Gasteiger charge is -2.36. The first kappa shape index (κ1) is 21.7.